The molecule has 0 fully saturated rings. The third-order valence-corrected chi connectivity index (χ3v) is 4.41. The van der Waals surface area contributed by atoms with Gasteiger partial charge in [0.15, 0.2) is 0 Å². The fraction of sp³-hybridized carbons (Fsp3) is 0.462. The normalized spacial score (nSPS) is 14.1. The molecule has 0 bridgehead atoms. The second kappa shape index (κ2) is 5.02. The van der Waals surface area contributed by atoms with Crippen molar-refractivity contribution in [3.63, 3.8) is 0 Å². The van der Waals surface area contributed by atoms with Crippen LogP contribution in [-0.4, -0.2) is 16.3 Å². The van der Waals surface area contributed by atoms with Gasteiger partial charge in [-0.05, 0) is 37.0 Å². The van der Waals surface area contributed by atoms with Crippen molar-refractivity contribution in [3.05, 3.63) is 39.8 Å². The molecule has 2 aromatic heterocycles. The Balaban J connectivity index is 1.44. The Bertz CT molecular complexity index is 451. The lowest BCUT2D eigenvalue weighted by Gasteiger charge is -2.03. The number of nitrogens with one attached hydrogen (secondary N) is 1. The van der Waals surface area contributed by atoms with Gasteiger partial charge < -0.3 is 5.32 Å². The van der Waals surface area contributed by atoms with Gasteiger partial charge >= 0.3 is 0 Å². The van der Waals surface area contributed by atoms with Crippen LogP contribution in [0.3, 0.4) is 0 Å². The molecule has 3 rings (SSSR count). The van der Waals surface area contributed by atoms with Crippen LogP contribution in [0.5, 0.6) is 0 Å². The molecule has 3 nitrogen and oxygen atoms in total. The molecule has 1 N–H and O–H groups in total. The Morgan fingerprint density at radius 3 is 3.24 bits per heavy atom. The number of aryl methyl sites for hydroxylation is 2. The monoisotopic (exact) mass is 247 g/mol. The first-order chi connectivity index (χ1) is 8.42. The predicted octanol–water partition coefficient (Wildman–Crippen LogP) is 2.22. The van der Waals surface area contributed by atoms with E-state index in [4.69, 9.17) is 0 Å². The van der Waals surface area contributed by atoms with Gasteiger partial charge in [0.1, 0.15) is 0 Å². The summed E-state index contributed by atoms with van der Waals surface area (Å²) in [4.78, 5) is 3.10. The molecule has 0 saturated heterocycles. The number of fused-ring (bicyclic) bond motifs is 1. The molecule has 0 spiro atoms. The van der Waals surface area contributed by atoms with E-state index in [1.165, 1.54) is 24.1 Å². The van der Waals surface area contributed by atoms with Crippen molar-refractivity contribution in [2.45, 2.75) is 32.4 Å². The van der Waals surface area contributed by atoms with Crippen molar-refractivity contribution in [1.29, 1.82) is 0 Å². The van der Waals surface area contributed by atoms with Crippen LogP contribution in [-0.2, 0) is 25.9 Å². The van der Waals surface area contributed by atoms with Gasteiger partial charge in [-0.3, -0.25) is 4.68 Å². The third kappa shape index (κ3) is 2.58. The minimum absolute atomic E-state index is 0.943. The first-order valence-electron chi connectivity index (χ1n) is 6.20. The van der Waals surface area contributed by atoms with E-state index in [2.05, 4.69) is 16.5 Å². The Kier molecular flexibility index (Phi) is 3.25. The topological polar surface area (TPSA) is 29.9 Å². The van der Waals surface area contributed by atoms with E-state index >= 15 is 0 Å². The summed E-state index contributed by atoms with van der Waals surface area (Å²) < 4.78 is 1.96. The first kappa shape index (κ1) is 11.0. The molecule has 1 aliphatic rings. The van der Waals surface area contributed by atoms with E-state index < -0.39 is 0 Å². The molecule has 0 aliphatic heterocycles. The van der Waals surface area contributed by atoms with Crippen LogP contribution >= 0.6 is 11.3 Å². The molecular formula is C13H17N3S. The Labute approximate surface area is 105 Å². The average Bonchev–Trinajstić information content (AvgIpc) is 3.00. The van der Waals surface area contributed by atoms with E-state index in [1.54, 1.807) is 10.4 Å². The van der Waals surface area contributed by atoms with Crippen molar-refractivity contribution >= 4 is 11.3 Å². The van der Waals surface area contributed by atoms with Crippen LogP contribution in [0.1, 0.15) is 21.7 Å². The number of hydrogen-bond donors (Lipinski definition) is 1. The highest BCUT2D eigenvalue weighted by atomic mass is 32.1. The fourth-order valence-electron chi connectivity index (χ4n) is 2.32. The number of hydrogen-bond acceptors (Lipinski definition) is 3. The average molecular weight is 247 g/mol. The van der Waals surface area contributed by atoms with Gasteiger partial charge in [-0.15, -0.1) is 11.3 Å². The molecule has 0 saturated carbocycles. The molecule has 0 radical (unpaired) electrons. The number of nitrogens with zero attached hydrogens (tertiary/aromatic N) is 2. The van der Waals surface area contributed by atoms with Gasteiger partial charge in [-0.2, -0.15) is 5.10 Å². The number of aromatic nitrogens is 2. The minimum atomic E-state index is 0.943. The lowest BCUT2D eigenvalue weighted by molar-refractivity contribution is 0.556. The van der Waals surface area contributed by atoms with Crippen LogP contribution in [0.2, 0.25) is 0 Å². The zero-order valence-electron chi connectivity index (χ0n) is 9.85. The van der Waals surface area contributed by atoms with Gasteiger partial charge in [-0.1, -0.05) is 0 Å². The molecule has 0 atom stereocenters. The van der Waals surface area contributed by atoms with E-state index in [0.29, 0.717) is 0 Å². The molecule has 2 aromatic rings. The largest absolute Gasteiger partial charge is 0.310 e. The SMILES string of the molecule is c1cnn(CCNCc2cc3c(s2)CCC3)c1. The van der Waals surface area contributed by atoms with Crippen LogP contribution in [0, 0.1) is 0 Å². The van der Waals surface area contributed by atoms with Crippen LogP contribution in [0.4, 0.5) is 0 Å². The zero-order valence-corrected chi connectivity index (χ0v) is 10.7. The molecule has 0 amide bonds. The summed E-state index contributed by atoms with van der Waals surface area (Å²) in [5.74, 6) is 0. The summed E-state index contributed by atoms with van der Waals surface area (Å²) in [6.45, 7) is 2.92. The second-order valence-electron chi connectivity index (χ2n) is 4.46. The van der Waals surface area contributed by atoms with Crippen molar-refractivity contribution in [3.8, 4) is 0 Å². The van der Waals surface area contributed by atoms with Gasteiger partial charge in [0.25, 0.3) is 0 Å². The molecule has 90 valence electrons. The van der Waals surface area contributed by atoms with Crippen molar-refractivity contribution < 1.29 is 0 Å². The smallest absolute Gasteiger partial charge is 0.0534 e. The summed E-state index contributed by atoms with van der Waals surface area (Å²) in [5, 5.41) is 7.66. The molecule has 2 heterocycles. The number of thiophene rings is 1. The lowest BCUT2D eigenvalue weighted by atomic mass is 10.2. The Hall–Kier alpha value is -1.13. The van der Waals surface area contributed by atoms with Gasteiger partial charge in [-0.25, -0.2) is 0 Å². The van der Waals surface area contributed by atoms with Gasteiger partial charge in [0.05, 0.1) is 6.54 Å². The van der Waals surface area contributed by atoms with Crippen molar-refractivity contribution in [2.24, 2.45) is 0 Å². The van der Waals surface area contributed by atoms with E-state index in [0.717, 1.165) is 19.6 Å². The van der Waals surface area contributed by atoms with Crippen molar-refractivity contribution in [2.75, 3.05) is 6.54 Å². The summed E-state index contributed by atoms with van der Waals surface area (Å²) in [6, 6.07) is 4.34. The van der Waals surface area contributed by atoms with Gasteiger partial charge in [0, 0.05) is 35.2 Å². The second-order valence-corrected chi connectivity index (χ2v) is 5.68. The lowest BCUT2D eigenvalue weighted by Crippen LogP contribution is -2.19. The highest BCUT2D eigenvalue weighted by molar-refractivity contribution is 7.12. The van der Waals surface area contributed by atoms with Crippen LogP contribution in [0.15, 0.2) is 24.5 Å². The predicted molar refractivity (Wildman–Crippen MR) is 70.3 cm³/mol. The molecule has 4 heteroatoms. The summed E-state index contributed by atoms with van der Waals surface area (Å²) >= 11 is 1.98. The quantitative estimate of drug-likeness (QED) is 0.821. The Morgan fingerprint density at radius 1 is 1.41 bits per heavy atom. The Morgan fingerprint density at radius 2 is 2.41 bits per heavy atom. The summed E-state index contributed by atoms with van der Waals surface area (Å²) in [6.07, 6.45) is 7.77. The van der Waals surface area contributed by atoms with E-state index in [9.17, 15) is 0 Å². The van der Waals surface area contributed by atoms with Crippen LogP contribution < -0.4 is 5.32 Å². The van der Waals surface area contributed by atoms with E-state index in [1.807, 2.05) is 34.5 Å². The summed E-state index contributed by atoms with van der Waals surface area (Å²) in [7, 11) is 0. The van der Waals surface area contributed by atoms with Crippen molar-refractivity contribution in [1.82, 2.24) is 15.1 Å². The van der Waals surface area contributed by atoms with Gasteiger partial charge in [0.2, 0.25) is 0 Å². The minimum Gasteiger partial charge on any atom is -0.310 e. The highest BCUT2D eigenvalue weighted by Crippen LogP contribution is 2.30. The maximum absolute atomic E-state index is 4.18. The fourth-order valence-corrected chi connectivity index (χ4v) is 3.55. The molecule has 0 unspecified atom stereocenters. The first-order valence-corrected chi connectivity index (χ1v) is 7.02. The maximum atomic E-state index is 4.18. The maximum Gasteiger partial charge on any atom is 0.0534 e. The zero-order chi connectivity index (χ0) is 11.5. The molecule has 17 heavy (non-hydrogen) atoms. The van der Waals surface area contributed by atoms with Crippen LogP contribution in [0.25, 0.3) is 0 Å². The third-order valence-electron chi connectivity index (χ3n) is 3.17. The molecule has 0 aromatic carbocycles. The molecule has 1 aliphatic carbocycles. The molecular weight excluding hydrogens is 230 g/mol. The highest BCUT2D eigenvalue weighted by Gasteiger charge is 2.14. The van der Waals surface area contributed by atoms with E-state index in [-0.39, 0.29) is 0 Å². The summed E-state index contributed by atoms with van der Waals surface area (Å²) in [5.41, 5.74) is 1.60. The standard InChI is InChI=1S/C13H17N3S/c1-3-11-9-12(17-13(11)4-1)10-14-6-8-16-7-2-5-15-16/h2,5,7,9,14H,1,3-4,6,8,10H2. The number of rotatable bonds is 5.